The summed E-state index contributed by atoms with van der Waals surface area (Å²) in [5.74, 6) is 0. The van der Waals surface area contributed by atoms with E-state index in [9.17, 15) is 4.79 Å². The summed E-state index contributed by atoms with van der Waals surface area (Å²) in [5.41, 5.74) is 3.89. The molecule has 0 spiro atoms. The molecule has 3 heteroatoms. The summed E-state index contributed by atoms with van der Waals surface area (Å²) in [6.45, 7) is 9.10. The van der Waals surface area contributed by atoms with Gasteiger partial charge in [-0.15, -0.1) is 0 Å². The fraction of sp³-hybridized carbons (Fsp3) is 0.500. The average Bonchev–Trinajstić information content (AvgIpc) is 2.18. The van der Waals surface area contributed by atoms with E-state index in [0.717, 1.165) is 6.42 Å². The number of hydrogen-bond acceptors (Lipinski definition) is 1. The van der Waals surface area contributed by atoms with Crippen LogP contribution < -0.4 is 5.32 Å². The maximum Gasteiger partial charge on any atom is 0.404 e. The second-order valence-corrected chi connectivity index (χ2v) is 5.37. The zero-order valence-electron chi connectivity index (χ0n) is 11.0. The van der Waals surface area contributed by atoms with Crippen LogP contribution in [0.1, 0.15) is 37.5 Å². The molecule has 1 aromatic rings. The molecule has 2 N–H and O–H groups in total. The quantitative estimate of drug-likeness (QED) is 0.845. The summed E-state index contributed by atoms with van der Waals surface area (Å²) < 4.78 is 0. The van der Waals surface area contributed by atoms with Crippen LogP contribution in [0.25, 0.3) is 0 Å². The molecular weight excluding hydrogens is 214 g/mol. The summed E-state index contributed by atoms with van der Waals surface area (Å²) in [6, 6.07) is 6.42. The largest absolute Gasteiger partial charge is 0.465 e. The summed E-state index contributed by atoms with van der Waals surface area (Å²) >= 11 is 0. The van der Waals surface area contributed by atoms with Crippen LogP contribution in [-0.2, 0) is 11.8 Å². The lowest BCUT2D eigenvalue weighted by atomic mass is 9.85. The smallest absolute Gasteiger partial charge is 0.404 e. The third-order valence-electron chi connectivity index (χ3n) is 2.88. The highest BCUT2D eigenvalue weighted by molar-refractivity contribution is 5.64. The molecule has 17 heavy (non-hydrogen) atoms. The standard InChI is InChI=1S/C14H21NO2/c1-10-9-12(14(2,3)4)6-5-11(10)7-8-15-13(16)17/h5-6,9,15H,7-8H2,1-4H3,(H,16,17). The van der Waals surface area contributed by atoms with Crippen molar-refractivity contribution in [2.45, 2.75) is 39.5 Å². The molecule has 0 aliphatic rings. The topological polar surface area (TPSA) is 49.3 Å². The van der Waals surface area contributed by atoms with Gasteiger partial charge in [-0.3, -0.25) is 0 Å². The Morgan fingerprint density at radius 3 is 2.47 bits per heavy atom. The van der Waals surface area contributed by atoms with Crippen LogP contribution in [-0.4, -0.2) is 17.7 Å². The van der Waals surface area contributed by atoms with Crippen molar-refractivity contribution in [3.63, 3.8) is 0 Å². The molecule has 0 unspecified atom stereocenters. The van der Waals surface area contributed by atoms with Crippen LogP contribution in [0, 0.1) is 6.92 Å². The molecule has 0 aliphatic heterocycles. The monoisotopic (exact) mass is 235 g/mol. The fourth-order valence-corrected chi connectivity index (χ4v) is 1.75. The highest BCUT2D eigenvalue weighted by Gasteiger charge is 2.14. The Kier molecular flexibility index (Phi) is 4.16. The first-order valence-corrected chi connectivity index (χ1v) is 5.87. The molecular formula is C14H21NO2. The average molecular weight is 235 g/mol. The van der Waals surface area contributed by atoms with Crippen LogP contribution in [0.5, 0.6) is 0 Å². The third-order valence-corrected chi connectivity index (χ3v) is 2.88. The van der Waals surface area contributed by atoms with E-state index in [0.29, 0.717) is 6.54 Å². The Bertz CT molecular complexity index is 405. The van der Waals surface area contributed by atoms with E-state index in [4.69, 9.17) is 5.11 Å². The molecule has 0 heterocycles. The van der Waals surface area contributed by atoms with Crippen molar-refractivity contribution in [3.8, 4) is 0 Å². The molecule has 1 rings (SSSR count). The number of hydrogen-bond donors (Lipinski definition) is 2. The van der Waals surface area contributed by atoms with Gasteiger partial charge in [-0.25, -0.2) is 4.79 Å². The molecule has 0 radical (unpaired) electrons. The minimum atomic E-state index is -0.964. The first kappa shape index (κ1) is 13.6. The van der Waals surface area contributed by atoms with Crippen molar-refractivity contribution in [2.24, 2.45) is 0 Å². The number of rotatable bonds is 3. The summed E-state index contributed by atoms with van der Waals surface area (Å²) in [4.78, 5) is 10.3. The Morgan fingerprint density at radius 2 is 2.00 bits per heavy atom. The van der Waals surface area contributed by atoms with Crippen molar-refractivity contribution >= 4 is 6.09 Å². The number of nitrogens with one attached hydrogen (secondary N) is 1. The van der Waals surface area contributed by atoms with E-state index in [1.165, 1.54) is 16.7 Å². The number of amides is 1. The number of aryl methyl sites for hydroxylation is 1. The van der Waals surface area contributed by atoms with E-state index >= 15 is 0 Å². The predicted molar refractivity (Wildman–Crippen MR) is 69.6 cm³/mol. The van der Waals surface area contributed by atoms with Crippen molar-refractivity contribution in [1.82, 2.24) is 5.32 Å². The van der Waals surface area contributed by atoms with Crippen molar-refractivity contribution < 1.29 is 9.90 Å². The highest BCUT2D eigenvalue weighted by atomic mass is 16.4. The summed E-state index contributed by atoms with van der Waals surface area (Å²) in [7, 11) is 0. The minimum absolute atomic E-state index is 0.155. The molecule has 3 nitrogen and oxygen atoms in total. The molecule has 0 atom stereocenters. The van der Waals surface area contributed by atoms with Crippen LogP contribution in [0.4, 0.5) is 4.79 Å². The second kappa shape index (κ2) is 5.21. The maximum atomic E-state index is 10.3. The zero-order valence-corrected chi connectivity index (χ0v) is 11.0. The highest BCUT2D eigenvalue weighted by Crippen LogP contribution is 2.24. The van der Waals surface area contributed by atoms with Crippen molar-refractivity contribution in [2.75, 3.05) is 6.54 Å². The number of carboxylic acid groups (broad SMARTS) is 1. The zero-order chi connectivity index (χ0) is 13.1. The molecule has 0 saturated heterocycles. The van der Waals surface area contributed by atoms with Gasteiger partial charge in [0, 0.05) is 6.54 Å². The molecule has 0 saturated carbocycles. The first-order chi connectivity index (χ1) is 7.80. The van der Waals surface area contributed by atoms with Gasteiger partial charge >= 0.3 is 6.09 Å². The normalized spacial score (nSPS) is 11.3. The maximum absolute atomic E-state index is 10.3. The van der Waals surface area contributed by atoms with E-state index in [-0.39, 0.29) is 5.41 Å². The van der Waals surface area contributed by atoms with Crippen LogP contribution in [0.2, 0.25) is 0 Å². The number of carbonyl (C=O) groups is 1. The van der Waals surface area contributed by atoms with E-state index in [2.05, 4.69) is 51.2 Å². The van der Waals surface area contributed by atoms with Gasteiger partial charge in [0.1, 0.15) is 0 Å². The lowest BCUT2D eigenvalue weighted by Gasteiger charge is -2.20. The third kappa shape index (κ3) is 4.10. The van der Waals surface area contributed by atoms with Crippen LogP contribution in [0.15, 0.2) is 18.2 Å². The molecule has 0 aromatic heterocycles. The van der Waals surface area contributed by atoms with Gasteiger partial charge in [0.05, 0.1) is 0 Å². The Hall–Kier alpha value is -1.51. The molecule has 1 aromatic carbocycles. The Balaban J connectivity index is 2.73. The SMILES string of the molecule is Cc1cc(C(C)(C)C)ccc1CCNC(=O)O. The summed E-state index contributed by atoms with van der Waals surface area (Å²) in [5, 5.41) is 10.9. The minimum Gasteiger partial charge on any atom is -0.465 e. The second-order valence-electron chi connectivity index (χ2n) is 5.37. The fourth-order valence-electron chi connectivity index (χ4n) is 1.75. The molecule has 94 valence electrons. The molecule has 0 fully saturated rings. The predicted octanol–water partition coefficient (Wildman–Crippen LogP) is 3.10. The van der Waals surface area contributed by atoms with E-state index < -0.39 is 6.09 Å². The van der Waals surface area contributed by atoms with Crippen molar-refractivity contribution in [3.05, 3.63) is 34.9 Å². The Labute approximate surface area is 103 Å². The van der Waals surface area contributed by atoms with Crippen molar-refractivity contribution in [1.29, 1.82) is 0 Å². The first-order valence-electron chi connectivity index (χ1n) is 5.87. The molecule has 1 amide bonds. The van der Waals surface area contributed by atoms with Gasteiger partial charge in [-0.05, 0) is 35.4 Å². The molecule has 0 aliphatic carbocycles. The van der Waals surface area contributed by atoms with Gasteiger partial charge in [0.2, 0.25) is 0 Å². The lowest BCUT2D eigenvalue weighted by molar-refractivity contribution is 0.194. The van der Waals surface area contributed by atoms with Gasteiger partial charge in [-0.2, -0.15) is 0 Å². The van der Waals surface area contributed by atoms with Gasteiger partial charge < -0.3 is 10.4 Å². The van der Waals surface area contributed by atoms with Crippen LogP contribution in [0.3, 0.4) is 0 Å². The van der Waals surface area contributed by atoms with Gasteiger partial charge in [-0.1, -0.05) is 39.0 Å². The molecule has 0 bridgehead atoms. The summed E-state index contributed by atoms with van der Waals surface area (Å²) in [6.07, 6.45) is -0.225. The van der Waals surface area contributed by atoms with Gasteiger partial charge in [0.15, 0.2) is 0 Å². The number of benzene rings is 1. The van der Waals surface area contributed by atoms with E-state index in [1.807, 2.05) is 0 Å². The Morgan fingerprint density at radius 1 is 1.35 bits per heavy atom. The lowest BCUT2D eigenvalue weighted by Crippen LogP contribution is -2.23. The van der Waals surface area contributed by atoms with Crippen LogP contribution >= 0.6 is 0 Å². The van der Waals surface area contributed by atoms with Gasteiger partial charge in [0.25, 0.3) is 0 Å². The van der Waals surface area contributed by atoms with E-state index in [1.54, 1.807) is 0 Å².